The SMILES string of the molecule is C[C@H](S[C@@H]1C[C@H](C)OC1=O)[C@@H](C)O. The highest BCUT2D eigenvalue weighted by atomic mass is 32.2. The highest BCUT2D eigenvalue weighted by Gasteiger charge is 2.34. The number of thioether (sulfide) groups is 1. The summed E-state index contributed by atoms with van der Waals surface area (Å²) >= 11 is 1.50. The fourth-order valence-electron chi connectivity index (χ4n) is 1.20. The minimum atomic E-state index is -0.381. The minimum Gasteiger partial charge on any atom is -0.462 e. The Hall–Kier alpha value is -0.220. The van der Waals surface area contributed by atoms with Gasteiger partial charge in [-0.25, -0.2) is 0 Å². The molecule has 1 aliphatic heterocycles. The second kappa shape index (κ2) is 4.33. The maximum atomic E-state index is 11.2. The summed E-state index contributed by atoms with van der Waals surface area (Å²) in [4.78, 5) is 11.2. The van der Waals surface area contributed by atoms with Gasteiger partial charge in [0.25, 0.3) is 0 Å². The van der Waals surface area contributed by atoms with Crippen LogP contribution in [0.2, 0.25) is 0 Å². The fourth-order valence-corrected chi connectivity index (χ4v) is 2.50. The molecule has 76 valence electrons. The van der Waals surface area contributed by atoms with Crippen molar-refractivity contribution in [2.75, 3.05) is 0 Å². The van der Waals surface area contributed by atoms with Crippen LogP contribution < -0.4 is 0 Å². The molecule has 0 spiro atoms. The van der Waals surface area contributed by atoms with Gasteiger partial charge in [0.2, 0.25) is 0 Å². The van der Waals surface area contributed by atoms with E-state index in [4.69, 9.17) is 4.74 Å². The maximum Gasteiger partial charge on any atom is 0.319 e. The number of carbonyl (C=O) groups excluding carboxylic acids is 1. The van der Waals surface area contributed by atoms with E-state index in [9.17, 15) is 9.90 Å². The molecule has 1 N–H and O–H groups in total. The van der Waals surface area contributed by atoms with Crippen LogP contribution in [0.15, 0.2) is 0 Å². The topological polar surface area (TPSA) is 46.5 Å². The van der Waals surface area contributed by atoms with Gasteiger partial charge in [-0.1, -0.05) is 6.92 Å². The lowest BCUT2D eigenvalue weighted by atomic mass is 10.2. The molecule has 1 rings (SSSR count). The summed E-state index contributed by atoms with van der Waals surface area (Å²) < 4.78 is 5.01. The van der Waals surface area contributed by atoms with E-state index in [0.29, 0.717) is 0 Å². The van der Waals surface area contributed by atoms with E-state index in [2.05, 4.69) is 0 Å². The van der Waals surface area contributed by atoms with E-state index >= 15 is 0 Å². The molecule has 0 bridgehead atoms. The van der Waals surface area contributed by atoms with Gasteiger partial charge in [0.15, 0.2) is 0 Å². The molecule has 1 saturated heterocycles. The summed E-state index contributed by atoms with van der Waals surface area (Å²) in [7, 11) is 0. The molecule has 13 heavy (non-hydrogen) atoms. The number of hydrogen-bond acceptors (Lipinski definition) is 4. The molecule has 4 atom stereocenters. The minimum absolute atomic E-state index is 0.0335. The molecule has 0 amide bonds. The van der Waals surface area contributed by atoms with Crippen molar-refractivity contribution in [1.82, 2.24) is 0 Å². The quantitative estimate of drug-likeness (QED) is 0.702. The number of ether oxygens (including phenoxy) is 1. The third-order valence-corrected chi connectivity index (χ3v) is 3.72. The smallest absolute Gasteiger partial charge is 0.319 e. The Morgan fingerprint density at radius 1 is 1.62 bits per heavy atom. The monoisotopic (exact) mass is 204 g/mol. The van der Waals surface area contributed by atoms with Gasteiger partial charge >= 0.3 is 5.97 Å². The van der Waals surface area contributed by atoms with Crippen LogP contribution in [0.4, 0.5) is 0 Å². The van der Waals surface area contributed by atoms with Gasteiger partial charge in [0.1, 0.15) is 11.4 Å². The van der Waals surface area contributed by atoms with Crippen LogP contribution in [-0.4, -0.2) is 33.8 Å². The molecule has 0 aromatic rings. The first-order valence-electron chi connectivity index (χ1n) is 4.54. The van der Waals surface area contributed by atoms with Crippen molar-refractivity contribution >= 4 is 17.7 Å². The highest BCUT2D eigenvalue weighted by molar-refractivity contribution is 8.01. The summed E-state index contributed by atoms with van der Waals surface area (Å²) in [5, 5.41) is 9.26. The molecular formula is C9H16O3S. The van der Waals surface area contributed by atoms with Gasteiger partial charge in [-0.2, -0.15) is 0 Å². The molecule has 3 nitrogen and oxygen atoms in total. The summed E-state index contributed by atoms with van der Waals surface area (Å²) in [5.74, 6) is -0.134. The van der Waals surface area contributed by atoms with E-state index < -0.39 is 0 Å². The van der Waals surface area contributed by atoms with E-state index in [1.54, 1.807) is 6.92 Å². The molecule has 0 aliphatic carbocycles. The number of esters is 1. The summed E-state index contributed by atoms with van der Waals surface area (Å²) in [6.45, 7) is 5.55. The van der Waals surface area contributed by atoms with Crippen LogP contribution in [0, 0.1) is 0 Å². The molecule has 1 fully saturated rings. The predicted molar refractivity (Wildman–Crippen MR) is 52.7 cm³/mol. The van der Waals surface area contributed by atoms with Crippen molar-refractivity contribution in [2.45, 2.75) is 49.9 Å². The summed E-state index contributed by atoms with van der Waals surface area (Å²) in [6, 6.07) is 0. The zero-order chi connectivity index (χ0) is 10.0. The predicted octanol–water partition coefficient (Wildman–Crippen LogP) is 1.19. The second-order valence-corrected chi connectivity index (χ2v) is 5.14. The van der Waals surface area contributed by atoms with Crippen molar-refractivity contribution in [2.24, 2.45) is 0 Å². The number of hydrogen-bond donors (Lipinski definition) is 1. The largest absolute Gasteiger partial charge is 0.462 e. The van der Waals surface area contributed by atoms with E-state index in [1.165, 1.54) is 11.8 Å². The Morgan fingerprint density at radius 3 is 2.62 bits per heavy atom. The number of aliphatic hydroxyl groups is 1. The molecule has 1 aliphatic rings. The Kier molecular flexibility index (Phi) is 3.62. The summed E-state index contributed by atoms with van der Waals surface area (Å²) in [5.41, 5.74) is 0. The Bertz CT molecular complexity index is 193. The first-order valence-corrected chi connectivity index (χ1v) is 5.49. The fraction of sp³-hybridized carbons (Fsp3) is 0.889. The lowest BCUT2D eigenvalue weighted by Crippen LogP contribution is -2.21. The van der Waals surface area contributed by atoms with Crippen molar-refractivity contribution < 1.29 is 14.6 Å². The Labute approximate surface area is 82.8 Å². The number of cyclic esters (lactones) is 1. The summed E-state index contributed by atoms with van der Waals surface area (Å²) in [6.07, 6.45) is 0.417. The molecule has 0 saturated carbocycles. The zero-order valence-corrected chi connectivity index (χ0v) is 9.00. The molecule has 0 radical (unpaired) electrons. The molecule has 0 unspecified atom stereocenters. The molecule has 4 heteroatoms. The highest BCUT2D eigenvalue weighted by Crippen LogP contribution is 2.30. The standard InChI is InChI=1S/C9H16O3S/c1-5-4-8(9(11)12-5)13-7(3)6(2)10/h5-8,10H,4H2,1-3H3/t5-,6+,7-,8+/m0/s1. The Morgan fingerprint density at radius 2 is 2.23 bits per heavy atom. The zero-order valence-electron chi connectivity index (χ0n) is 8.19. The van der Waals surface area contributed by atoms with Crippen LogP contribution in [0.3, 0.4) is 0 Å². The van der Waals surface area contributed by atoms with Crippen LogP contribution >= 0.6 is 11.8 Å². The van der Waals surface area contributed by atoms with Gasteiger partial charge in [-0.15, -0.1) is 11.8 Å². The van der Waals surface area contributed by atoms with E-state index in [0.717, 1.165) is 6.42 Å². The lowest BCUT2D eigenvalue weighted by Gasteiger charge is -2.16. The van der Waals surface area contributed by atoms with E-state index in [-0.39, 0.29) is 28.7 Å². The molecule has 1 heterocycles. The first kappa shape index (κ1) is 10.9. The van der Waals surface area contributed by atoms with Crippen molar-refractivity contribution in [3.63, 3.8) is 0 Å². The average Bonchev–Trinajstić information content (AvgIpc) is 2.30. The lowest BCUT2D eigenvalue weighted by molar-refractivity contribution is -0.140. The maximum absolute atomic E-state index is 11.2. The first-order chi connectivity index (χ1) is 6.00. The molecule has 0 aromatic heterocycles. The van der Waals surface area contributed by atoms with Gasteiger partial charge < -0.3 is 9.84 Å². The van der Waals surface area contributed by atoms with Crippen LogP contribution in [0.1, 0.15) is 27.2 Å². The van der Waals surface area contributed by atoms with Crippen LogP contribution in [0.5, 0.6) is 0 Å². The Balaban J connectivity index is 2.41. The second-order valence-electron chi connectivity index (χ2n) is 3.55. The van der Waals surface area contributed by atoms with Gasteiger partial charge in [-0.3, -0.25) is 4.79 Å². The van der Waals surface area contributed by atoms with Crippen LogP contribution in [0.25, 0.3) is 0 Å². The molecule has 0 aromatic carbocycles. The van der Waals surface area contributed by atoms with Crippen LogP contribution in [-0.2, 0) is 9.53 Å². The van der Waals surface area contributed by atoms with Gasteiger partial charge in [-0.05, 0) is 13.8 Å². The third kappa shape index (κ3) is 2.88. The van der Waals surface area contributed by atoms with Crippen molar-refractivity contribution in [3.05, 3.63) is 0 Å². The number of rotatable bonds is 3. The van der Waals surface area contributed by atoms with Gasteiger partial charge in [0.05, 0.1) is 6.10 Å². The average molecular weight is 204 g/mol. The van der Waals surface area contributed by atoms with Crippen molar-refractivity contribution in [3.8, 4) is 0 Å². The third-order valence-electron chi connectivity index (χ3n) is 2.18. The van der Waals surface area contributed by atoms with E-state index in [1.807, 2.05) is 13.8 Å². The van der Waals surface area contributed by atoms with Gasteiger partial charge in [0, 0.05) is 11.7 Å². The number of carbonyl (C=O) groups is 1. The normalized spacial score (nSPS) is 32.8. The van der Waals surface area contributed by atoms with Crippen molar-refractivity contribution in [1.29, 1.82) is 0 Å². The molecular weight excluding hydrogens is 188 g/mol. The number of aliphatic hydroxyl groups excluding tert-OH is 1.